The van der Waals surface area contributed by atoms with Gasteiger partial charge in [-0.3, -0.25) is 14.5 Å². The Morgan fingerprint density at radius 2 is 1.71 bits per heavy atom. The molecule has 5 nitrogen and oxygen atoms in total. The maximum absolute atomic E-state index is 13.2. The number of rotatable bonds is 4. The molecule has 3 rings (SSSR count). The zero-order chi connectivity index (χ0) is 23.1. The SMILES string of the molecule is Cc1cccc(C2C(C(=O)C(C)(C)C)=C(O)C(=O)N2c2cccc(OC(F)(F)F)c2)c1. The van der Waals surface area contributed by atoms with Crippen LogP contribution in [0, 0.1) is 12.3 Å². The molecule has 0 fully saturated rings. The first kappa shape index (κ1) is 22.4. The van der Waals surface area contributed by atoms with Crippen LogP contribution in [0.5, 0.6) is 5.75 Å². The normalized spacial score (nSPS) is 17.3. The molecule has 1 N–H and O–H groups in total. The Bertz CT molecular complexity index is 1070. The number of benzene rings is 2. The van der Waals surface area contributed by atoms with Crippen molar-refractivity contribution in [3.05, 3.63) is 71.0 Å². The predicted octanol–water partition coefficient (Wildman–Crippen LogP) is 5.41. The topological polar surface area (TPSA) is 66.8 Å². The summed E-state index contributed by atoms with van der Waals surface area (Å²) in [6, 6.07) is 10.9. The molecular formula is C23H22F3NO4. The first-order valence-corrected chi connectivity index (χ1v) is 9.53. The van der Waals surface area contributed by atoms with Crippen LogP contribution in [0.3, 0.4) is 0 Å². The minimum Gasteiger partial charge on any atom is -0.503 e. The van der Waals surface area contributed by atoms with E-state index >= 15 is 0 Å². The molecule has 0 radical (unpaired) electrons. The summed E-state index contributed by atoms with van der Waals surface area (Å²) in [7, 11) is 0. The lowest BCUT2D eigenvalue weighted by atomic mass is 9.82. The third kappa shape index (κ3) is 4.57. The van der Waals surface area contributed by atoms with Crippen molar-refractivity contribution in [3.8, 4) is 5.75 Å². The number of aryl methyl sites for hydroxylation is 1. The first-order chi connectivity index (χ1) is 14.3. The van der Waals surface area contributed by atoms with E-state index in [-0.39, 0.29) is 11.3 Å². The van der Waals surface area contributed by atoms with Gasteiger partial charge in [-0.25, -0.2) is 0 Å². The molecule has 1 atom stereocenters. The number of halogens is 3. The highest BCUT2D eigenvalue weighted by Crippen LogP contribution is 2.44. The lowest BCUT2D eigenvalue weighted by Crippen LogP contribution is -2.33. The highest BCUT2D eigenvalue weighted by Gasteiger charge is 2.46. The van der Waals surface area contributed by atoms with E-state index in [2.05, 4.69) is 4.74 Å². The molecule has 0 bridgehead atoms. The van der Waals surface area contributed by atoms with E-state index < -0.39 is 41.0 Å². The van der Waals surface area contributed by atoms with Crippen molar-refractivity contribution in [2.45, 2.75) is 40.1 Å². The van der Waals surface area contributed by atoms with E-state index in [1.807, 2.05) is 13.0 Å². The van der Waals surface area contributed by atoms with Crippen molar-refractivity contribution in [2.24, 2.45) is 5.41 Å². The second-order valence-corrected chi connectivity index (χ2v) is 8.38. The van der Waals surface area contributed by atoms with E-state index in [4.69, 9.17) is 0 Å². The van der Waals surface area contributed by atoms with Crippen LogP contribution in [0.15, 0.2) is 59.9 Å². The Balaban J connectivity index is 2.17. The molecule has 1 amide bonds. The average molecular weight is 433 g/mol. The summed E-state index contributed by atoms with van der Waals surface area (Å²) >= 11 is 0. The van der Waals surface area contributed by atoms with Crippen LogP contribution in [-0.4, -0.2) is 23.2 Å². The Morgan fingerprint density at radius 1 is 1.06 bits per heavy atom. The Hall–Kier alpha value is -3.29. The molecular weight excluding hydrogens is 411 g/mol. The predicted molar refractivity (Wildman–Crippen MR) is 109 cm³/mol. The fourth-order valence-corrected chi connectivity index (χ4v) is 3.49. The quantitative estimate of drug-likeness (QED) is 0.700. The number of hydrogen-bond acceptors (Lipinski definition) is 4. The molecule has 31 heavy (non-hydrogen) atoms. The van der Waals surface area contributed by atoms with Crippen molar-refractivity contribution in [2.75, 3.05) is 4.90 Å². The number of Topliss-reactive ketones (excluding diaryl/α,β-unsaturated/α-hetero) is 1. The van der Waals surface area contributed by atoms with Crippen LogP contribution in [0.25, 0.3) is 0 Å². The van der Waals surface area contributed by atoms with Crippen molar-refractivity contribution in [1.29, 1.82) is 0 Å². The molecule has 0 saturated carbocycles. The summed E-state index contributed by atoms with van der Waals surface area (Å²) in [4.78, 5) is 27.3. The minimum atomic E-state index is -4.91. The number of carbonyl (C=O) groups excluding carboxylic acids is 2. The van der Waals surface area contributed by atoms with Crippen LogP contribution >= 0.6 is 0 Å². The van der Waals surface area contributed by atoms with Gasteiger partial charge in [0.05, 0.1) is 11.6 Å². The molecule has 0 saturated heterocycles. The second kappa shape index (κ2) is 7.76. The fourth-order valence-electron chi connectivity index (χ4n) is 3.49. The maximum Gasteiger partial charge on any atom is 0.573 e. The number of ketones is 1. The Kier molecular flexibility index (Phi) is 5.60. The van der Waals surface area contributed by atoms with Gasteiger partial charge >= 0.3 is 6.36 Å². The summed E-state index contributed by atoms with van der Waals surface area (Å²) < 4.78 is 42.0. The van der Waals surface area contributed by atoms with E-state index in [1.165, 1.54) is 12.1 Å². The summed E-state index contributed by atoms with van der Waals surface area (Å²) in [5.41, 5.74) is 0.468. The molecule has 164 valence electrons. The van der Waals surface area contributed by atoms with Crippen LogP contribution < -0.4 is 9.64 Å². The van der Waals surface area contributed by atoms with E-state index in [1.54, 1.807) is 39.0 Å². The van der Waals surface area contributed by atoms with Gasteiger partial charge in [0.25, 0.3) is 5.91 Å². The number of hydrogen-bond donors (Lipinski definition) is 1. The second-order valence-electron chi connectivity index (χ2n) is 8.38. The van der Waals surface area contributed by atoms with E-state index in [0.717, 1.165) is 22.6 Å². The maximum atomic E-state index is 13.2. The van der Waals surface area contributed by atoms with Crippen LogP contribution in [0.4, 0.5) is 18.9 Å². The molecule has 0 aliphatic carbocycles. The minimum absolute atomic E-state index is 0.0570. The molecule has 1 unspecified atom stereocenters. The number of ether oxygens (including phenoxy) is 1. The van der Waals surface area contributed by atoms with E-state index in [0.29, 0.717) is 5.56 Å². The number of alkyl halides is 3. The third-order valence-corrected chi connectivity index (χ3v) is 4.82. The van der Waals surface area contributed by atoms with Crippen molar-refractivity contribution >= 4 is 17.4 Å². The summed E-state index contributed by atoms with van der Waals surface area (Å²) in [5.74, 6) is -2.54. The van der Waals surface area contributed by atoms with Crippen LogP contribution in [-0.2, 0) is 9.59 Å². The van der Waals surface area contributed by atoms with Gasteiger partial charge in [-0.1, -0.05) is 56.7 Å². The molecule has 2 aromatic rings. The summed E-state index contributed by atoms with van der Waals surface area (Å²) in [6.45, 7) is 6.81. The number of carbonyl (C=O) groups is 2. The van der Waals surface area contributed by atoms with Gasteiger partial charge in [-0.15, -0.1) is 13.2 Å². The molecule has 1 aliphatic heterocycles. The third-order valence-electron chi connectivity index (χ3n) is 4.82. The number of amides is 1. The first-order valence-electron chi connectivity index (χ1n) is 9.53. The van der Waals surface area contributed by atoms with Gasteiger partial charge in [0.1, 0.15) is 5.75 Å². The van der Waals surface area contributed by atoms with Gasteiger partial charge in [-0.05, 0) is 24.6 Å². The zero-order valence-electron chi connectivity index (χ0n) is 17.4. The molecule has 0 spiro atoms. The monoisotopic (exact) mass is 433 g/mol. The Morgan fingerprint density at radius 3 is 2.29 bits per heavy atom. The van der Waals surface area contributed by atoms with Gasteiger partial charge in [0.2, 0.25) is 0 Å². The molecule has 2 aromatic carbocycles. The van der Waals surface area contributed by atoms with Gasteiger partial charge < -0.3 is 9.84 Å². The van der Waals surface area contributed by atoms with Crippen molar-refractivity contribution < 1.29 is 32.6 Å². The number of anilines is 1. The summed E-state index contributed by atoms with van der Waals surface area (Å²) in [5, 5.41) is 10.6. The van der Waals surface area contributed by atoms with Gasteiger partial charge in [0, 0.05) is 17.2 Å². The standard InChI is InChI=1S/C23H22F3NO4/c1-13-7-5-8-14(11-13)18-17(20(29)22(2,3)4)19(28)21(30)27(18)15-9-6-10-16(12-15)31-23(24,25)26/h5-12,18,28H,1-4H3. The molecule has 1 heterocycles. The fraction of sp³-hybridized carbons (Fsp3) is 0.304. The van der Waals surface area contributed by atoms with E-state index in [9.17, 15) is 27.9 Å². The van der Waals surface area contributed by atoms with Crippen LogP contribution in [0.1, 0.15) is 37.9 Å². The van der Waals surface area contributed by atoms with Gasteiger partial charge in [-0.2, -0.15) is 0 Å². The molecule has 8 heteroatoms. The van der Waals surface area contributed by atoms with Crippen molar-refractivity contribution in [3.63, 3.8) is 0 Å². The smallest absolute Gasteiger partial charge is 0.503 e. The number of aliphatic hydroxyl groups is 1. The highest BCUT2D eigenvalue weighted by atomic mass is 19.4. The molecule has 0 aromatic heterocycles. The lowest BCUT2D eigenvalue weighted by Gasteiger charge is -2.29. The summed E-state index contributed by atoms with van der Waals surface area (Å²) in [6.07, 6.45) is -4.91. The highest BCUT2D eigenvalue weighted by molar-refractivity contribution is 6.17. The average Bonchev–Trinajstić information content (AvgIpc) is 2.90. The van der Waals surface area contributed by atoms with Crippen molar-refractivity contribution in [1.82, 2.24) is 0 Å². The molecule has 1 aliphatic rings. The zero-order valence-corrected chi connectivity index (χ0v) is 17.4. The van der Waals surface area contributed by atoms with Gasteiger partial charge in [0.15, 0.2) is 11.5 Å². The van der Waals surface area contributed by atoms with Crippen LogP contribution in [0.2, 0.25) is 0 Å². The number of aliphatic hydroxyl groups excluding tert-OH is 1. The Labute approximate surface area is 177 Å². The number of nitrogens with zero attached hydrogens (tertiary/aromatic N) is 1. The largest absolute Gasteiger partial charge is 0.573 e. The lowest BCUT2D eigenvalue weighted by molar-refractivity contribution is -0.274.